The topological polar surface area (TPSA) is 75.9 Å². The third kappa shape index (κ3) is 3.07. The van der Waals surface area contributed by atoms with Crippen molar-refractivity contribution in [3.05, 3.63) is 47.4 Å². The minimum Gasteiger partial charge on any atom is -0.497 e. The summed E-state index contributed by atoms with van der Waals surface area (Å²) in [5, 5.41) is 12.7. The third-order valence-corrected chi connectivity index (χ3v) is 5.10. The number of fused-ring (bicyclic) bond motifs is 1. The first kappa shape index (κ1) is 17.3. The van der Waals surface area contributed by atoms with Gasteiger partial charge in [-0.15, -0.1) is 10.2 Å². The number of amides is 1. The fraction of sp³-hybridized carbons (Fsp3) is 0.368. The summed E-state index contributed by atoms with van der Waals surface area (Å²) < 4.78 is 6.94. The molecule has 8 nitrogen and oxygen atoms in total. The summed E-state index contributed by atoms with van der Waals surface area (Å²) in [4.78, 5) is 17.0. The van der Waals surface area contributed by atoms with E-state index < -0.39 is 0 Å². The molecule has 1 saturated heterocycles. The first-order valence-corrected chi connectivity index (χ1v) is 8.94. The number of benzene rings is 1. The SMILES string of the molecule is COc1cccc(C(=O)N2CCN(c3c(C)c(C)nn4cnnc34)CC2)c1. The van der Waals surface area contributed by atoms with Crippen LogP contribution in [0, 0.1) is 13.8 Å². The molecule has 8 heteroatoms. The van der Waals surface area contributed by atoms with Gasteiger partial charge in [-0.25, -0.2) is 0 Å². The van der Waals surface area contributed by atoms with Gasteiger partial charge in [-0.2, -0.15) is 9.61 Å². The maximum Gasteiger partial charge on any atom is 0.254 e. The minimum atomic E-state index is 0.0313. The Balaban J connectivity index is 1.53. The van der Waals surface area contributed by atoms with Gasteiger partial charge < -0.3 is 14.5 Å². The van der Waals surface area contributed by atoms with Crippen molar-refractivity contribution in [2.45, 2.75) is 13.8 Å². The predicted molar refractivity (Wildman–Crippen MR) is 101 cm³/mol. The van der Waals surface area contributed by atoms with Gasteiger partial charge in [0.2, 0.25) is 5.65 Å². The number of anilines is 1. The lowest BCUT2D eigenvalue weighted by Gasteiger charge is -2.36. The van der Waals surface area contributed by atoms with Crippen LogP contribution in [0.1, 0.15) is 21.6 Å². The fourth-order valence-electron chi connectivity index (χ4n) is 3.49. The molecule has 3 aromatic rings. The molecule has 1 fully saturated rings. The molecule has 0 radical (unpaired) electrons. The largest absolute Gasteiger partial charge is 0.497 e. The number of rotatable bonds is 3. The second-order valence-electron chi connectivity index (χ2n) is 6.67. The highest BCUT2D eigenvalue weighted by molar-refractivity contribution is 5.94. The number of methoxy groups -OCH3 is 1. The standard InChI is InChI=1S/C19H22N6O2/c1-13-14(2)22-25-12-20-21-18(25)17(13)23-7-9-24(10-8-23)19(26)15-5-4-6-16(11-15)27-3/h4-6,11-12H,7-10H2,1-3H3. The highest BCUT2D eigenvalue weighted by Gasteiger charge is 2.26. The molecule has 0 saturated carbocycles. The van der Waals surface area contributed by atoms with Crippen LogP contribution in [0.2, 0.25) is 0 Å². The van der Waals surface area contributed by atoms with Crippen LogP contribution in [-0.2, 0) is 0 Å². The van der Waals surface area contributed by atoms with Gasteiger partial charge in [0, 0.05) is 31.7 Å². The zero-order valence-corrected chi connectivity index (χ0v) is 15.7. The van der Waals surface area contributed by atoms with Crippen molar-refractivity contribution in [3.63, 3.8) is 0 Å². The van der Waals surface area contributed by atoms with Crippen molar-refractivity contribution in [2.24, 2.45) is 0 Å². The molecule has 4 rings (SSSR count). The summed E-state index contributed by atoms with van der Waals surface area (Å²) in [6.45, 7) is 6.82. The number of hydrogen-bond acceptors (Lipinski definition) is 6. The van der Waals surface area contributed by atoms with E-state index >= 15 is 0 Å². The molecule has 27 heavy (non-hydrogen) atoms. The quantitative estimate of drug-likeness (QED) is 0.702. The molecule has 1 amide bonds. The normalized spacial score (nSPS) is 14.6. The van der Waals surface area contributed by atoms with Crippen LogP contribution >= 0.6 is 0 Å². The van der Waals surface area contributed by atoms with E-state index in [0.29, 0.717) is 24.4 Å². The molecule has 0 bridgehead atoms. The lowest BCUT2D eigenvalue weighted by atomic mass is 10.1. The average Bonchev–Trinajstić information content (AvgIpc) is 3.16. The van der Waals surface area contributed by atoms with Crippen LogP contribution in [0.4, 0.5) is 5.69 Å². The maximum atomic E-state index is 12.8. The lowest BCUT2D eigenvalue weighted by Crippen LogP contribution is -2.49. The van der Waals surface area contributed by atoms with E-state index in [1.165, 1.54) is 0 Å². The highest BCUT2D eigenvalue weighted by Crippen LogP contribution is 2.27. The van der Waals surface area contributed by atoms with Crippen molar-refractivity contribution in [1.29, 1.82) is 0 Å². The van der Waals surface area contributed by atoms with E-state index in [1.807, 2.05) is 30.0 Å². The third-order valence-electron chi connectivity index (χ3n) is 5.10. The minimum absolute atomic E-state index is 0.0313. The molecule has 2 aromatic heterocycles. The van der Waals surface area contributed by atoms with Crippen molar-refractivity contribution in [3.8, 4) is 5.75 Å². The molecular weight excluding hydrogens is 344 g/mol. The highest BCUT2D eigenvalue weighted by atomic mass is 16.5. The summed E-state index contributed by atoms with van der Waals surface area (Å²) in [5.41, 5.74) is 4.51. The Hall–Kier alpha value is -3.16. The maximum absolute atomic E-state index is 12.8. The van der Waals surface area contributed by atoms with Crippen molar-refractivity contribution in [2.75, 3.05) is 38.2 Å². The first-order valence-electron chi connectivity index (χ1n) is 8.94. The summed E-state index contributed by atoms with van der Waals surface area (Å²) in [6.07, 6.45) is 1.62. The Bertz CT molecular complexity index is 991. The zero-order valence-electron chi connectivity index (χ0n) is 15.7. The van der Waals surface area contributed by atoms with Gasteiger partial charge in [-0.1, -0.05) is 6.07 Å². The fourth-order valence-corrected chi connectivity index (χ4v) is 3.49. The average molecular weight is 366 g/mol. The molecule has 3 heterocycles. The summed E-state index contributed by atoms with van der Waals surface area (Å²) in [5.74, 6) is 0.723. The molecular formula is C19H22N6O2. The van der Waals surface area contributed by atoms with Gasteiger partial charge in [0.25, 0.3) is 5.91 Å². The van der Waals surface area contributed by atoms with E-state index in [2.05, 4.69) is 27.1 Å². The first-order chi connectivity index (χ1) is 13.1. The van der Waals surface area contributed by atoms with Gasteiger partial charge in [-0.05, 0) is 37.6 Å². The van der Waals surface area contributed by atoms with E-state index in [4.69, 9.17) is 4.74 Å². The molecule has 140 valence electrons. The number of aromatic nitrogens is 4. The van der Waals surface area contributed by atoms with Crippen LogP contribution in [0.3, 0.4) is 0 Å². The van der Waals surface area contributed by atoms with E-state index in [1.54, 1.807) is 24.0 Å². The Morgan fingerprint density at radius 2 is 1.93 bits per heavy atom. The monoisotopic (exact) mass is 366 g/mol. The van der Waals surface area contributed by atoms with E-state index in [0.717, 1.165) is 35.7 Å². The molecule has 1 aromatic carbocycles. The smallest absolute Gasteiger partial charge is 0.254 e. The van der Waals surface area contributed by atoms with Crippen LogP contribution in [-0.4, -0.2) is 63.9 Å². The zero-order chi connectivity index (χ0) is 19.0. The number of piperazine rings is 1. The Morgan fingerprint density at radius 1 is 1.15 bits per heavy atom. The van der Waals surface area contributed by atoms with E-state index in [-0.39, 0.29) is 5.91 Å². The second kappa shape index (κ2) is 6.86. The van der Waals surface area contributed by atoms with Crippen LogP contribution in [0.25, 0.3) is 5.65 Å². The van der Waals surface area contributed by atoms with Crippen molar-refractivity contribution < 1.29 is 9.53 Å². The summed E-state index contributed by atoms with van der Waals surface area (Å²) in [7, 11) is 1.60. The number of ether oxygens (including phenoxy) is 1. The predicted octanol–water partition coefficient (Wildman–Crippen LogP) is 1.71. The van der Waals surface area contributed by atoms with Gasteiger partial charge in [0.1, 0.15) is 12.1 Å². The Morgan fingerprint density at radius 3 is 2.67 bits per heavy atom. The van der Waals surface area contributed by atoms with Gasteiger partial charge in [0.05, 0.1) is 18.5 Å². The van der Waals surface area contributed by atoms with Gasteiger partial charge in [0.15, 0.2) is 0 Å². The van der Waals surface area contributed by atoms with Crippen LogP contribution < -0.4 is 9.64 Å². The Labute approximate surface area is 157 Å². The Kier molecular flexibility index (Phi) is 4.39. The number of hydrogen-bond donors (Lipinski definition) is 0. The molecule has 0 N–H and O–H groups in total. The molecule has 1 aliphatic rings. The van der Waals surface area contributed by atoms with E-state index in [9.17, 15) is 4.79 Å². The second-order valence-corrected chi connectivity index (χ2v) is 6.67. The van der Waals surface area contributed by atoms with Crippen molar-refractivity contribution >= 4 is 17.2 Å². The number of aryl methyl sites for hydroxylation is 1. The van der Waals surface area contributed by atoms with Crippen LogP contribution in [0.5, 0.6) is 5.75 Å². The molecule has 1 aliphatic heterocycles. The molecule has 0 unspecified atom stereocenters. The number of nitrogens with zero attached hydrogens (tertiary/aromatic N) is 6. The lowest BCUT2D eigenvalue weighted by molar-refractivity contribution is 0.0746. The number of carbonyl (C=O) groups excluding carboxylic acids is 1. The van der Waals surface area contributed by atoms with Gasteiger partial charge in [-0.3, -0.25) is 4.79 Å². The molecule has 0 atom stereocenters. The summed E-state index contributed by atoms with van der Waals surface area (Å²) in [6, 6.07) is 7.29. The van der Waals surface area contributed by atoms with Crippen LogP contribution in [0.15, 0.2) is 30.6 Å². The summed E-state index contributed by atoms with van der Waals surface area (Å²) >= 11 is 0. The molecule has 0 spiro atoms. The van der Waals surface area contributed by atoms with Crippen molar-refractivity contribution in [1.82, 2.24) is 24.7 Å². The van der Waals surface area contributed by atoms with Gasteiger partial charge >= 0.3 is 0 Å². The number of carbonyl (C=O) groups is 1. The molecule has 0 aliphatic carbocycles.